The standard InChI is InChI=1S/C23H34O6/c1-3-4-5-6-7-11-19(24)20(25)12-9-8-10-17-13-16-14-18(28-2)15-21(26)22(16)23(27)29-17/h14-15,17,19,24,26H,3-13H2,1-2H3/t17-,19?/m1/s1. The molecule has 0 fully saturated rings. The van der Waals surface area contributed by atoms with Crippen molar-refractivity contribution in [1.82, 2.24) is 0 Å². The van der Waals surface area contributed by atoms with Crippen LogP contribution in [0.2, 0.25) is 0 Å². The van der Waals surface area contributed by atoms with Crippen LogP contribution in [0, 0.1) is 0 Å². The van der Waals surface area contributed by atoms with Gasteiger partial charge in [0.1, 0.15) is 29.3 Å². The maximum Gasteiger partial charge on any atom is 0.342 e. The Bertz CT molecular complexity index is 684. The Labute approximate surface area is 173 Å². The quantitative estimate of drug-likeness (QED) is 0.374. The molecule has 0 saturated carbocycles. The Morgan fingerprint density at radius 2 is 1.97 bits per heavy atom. The van der Waals surface area contributed by atoms with E-state index in [0.717, 1.165) is 31.2 Å². The number of ether oxygens (including phenoxy) is 2. The van der Waals surface area contributed by atoms with Gasteiger partial charge in [0, 0.05) is 18.9 Å². The number of carbonyl (C=O) groups is 2. The molecule has 0 spiro atoms. The minimum absolute atomic E-state index is 0.0962. The lowest BCUT2D eigenvalue weighted by atomic mass is 9.94. The smallest absolute Gasteiger partial charge is 0.342 e. The molecule has 0 aromatic heterocycles. The number of fused-ring (bicyclic) bond motifs is 1. The summed E-state index contributed by atoms with van der Waals surface area (Å²) in [5.74, 6) is -0.242. The second-order valence-electron chi connectivity index (χ2n) is 7.84. The third-order valence-corrected chi connectivity index (χ3v) is 5.49. The molecule has 0 amide bonds. The van der Waals surface area contributed by atoms with Crippen molar-refractivity contribution < 1.29 is 29.3 Å². The number of Topliss-reactive ketones (excluding diaryl/α,β-unsaturated/α-hetero) is 1. The van der Waals surface area contributed by atoms with Crippen molar-refractivity contribution in [3.05, 3.63) is 23.3 Å². The van der Waals surface area contributed by atoms with Crippen LogP contribution in [0.3, 0.4) is 0 Å². The first-order valence-corrected chi connectivity index (χ1v) is 10.8. The van der Waals surface area contributed by atoms with Gasteiger partial charge in [-0.3, -0.25) is 4.79 Å². The molecule has 0 aliphatic carbocycles. The molecule has 29 heavy (non-hydrogen) atoms. The van der Waals surface area contributed by atoms with E-state index < -0.39 is 12.1 Å². The Morgan fingerprint density at radius 1 is 1.21 bits per heavy atom. The van der Waals surface area contributed by atoms with Crippen molar-refractivity contribution in [3.63, 3.8) is 0 Å². The zero-order valence-corrected chi connectivity index (χ0v) is 17.6. The fraction of sp³-hybridized carbons (Fsp3) is 0.652. The number of hydrogen-bond acceptors (Lipinski definition) is 6. The van der Waals surface area contributed by atoms with Crippen LogP contribution in [0.1, 0.15) is 87.1 Å². The maximum absolute atomic E-state index is 12.2. The first-order valence-electron chi connectivity index (χ1n) is 10.8. The van der Waals surface area contributed by atoms with Crippen molar-refractivity contribution >= 4 is 11.8 Å². The minimum atomic E-state index is -0.855. The summed E-state index contributed by atoms with van der Waals surface area (Å²) in [6.07, 6.45) is 7.81. The third kappa shape index (κ3) is 7.03. The molecule has 6 heteroatoms. The second-order valence-corrected chi connectivity index (χ2v) is 7.84. The Balaban J connectivity index is 1.71. The maximum atomic E-state index is 12.2. The van der Waals surface area contributed by atoms with Crippen LogP contribution in [0.25, 0.3) is 0 Å². The molecular weight excluding hydrogens is 372 g/mol. The number of unbranched alkanes of at least 4 members (excludes halogenated alkanes) is 5. The molecule has 1 unspecified atom stereocenters. The predicted octanol–water partition coefficient (Wildman–Crippen LogP) is 4.33. The molecule has 2 atom stereocenters. The lowest BCUT2D eigenvalue weighted by Crippen LogP contribution is -2.28. The molecule has 0 radical (unpaired) electrons. The number of hydrogen-bond donors (Lipinski definition) is 2. The Morgan fingerprint density at radius 3 is 2.69 bits per heavy atom. The number of phenolic OH excluding ortho intramolecular Hbond substituents is 1. The molecule has 1 aliphatic heterocycles. The number of aliphatic hydroxyl groups is 1. The van der Waals surface area contributed by atoms with E-state index in [0.29, 0.717) is 37.9 Å². The van der Waals surface area contributed by atoms with E-state index in [1.54, 1.807) is 6.07 Å². The van der Waals surface area contributed by atoms with Gasteiger partial charge in [-0.25, -0.2) is 4.79 Å². The first kappa shape index (κ1) is 23.2. The molecule has 1 aliphatic rings. The molecule has 2 rings (SSSR count). The Kier molecular flexibility index (Phi) is 9.45. The van der Waals surface area contributed by atoms with Gasteiger partial charge >= 0.3 is 5.97 Å². The van der Waals surface area contributed by atoms with Crippen molar-refractivity contribution in [2.24, 2.45) is 0 Å². The number of methoxy groups -OCH3 is 1. The zero-order valence-electron chi connectivity index (χ0n) is 17.6. The van der Waals surface area contributed by atoms with Crippen molar-refractivity contribution in [1.29, 1.82) is 0 Å². The third-order valence-electron chi connectivity index (χ3n) is 5.49. The first-order chi connectivity index (χ1) is 14.0. The van der Waals surface area contributed by atoms with E-state index in [2.05, 4.69) is 6.92 Å². The summed E-state index contributed by atoms with van der Waals surface area (Å²) in [6.45, 7) is 2.16. The highest BCUT2D eigenvalue weighted by atomic mass is 16.5. The topological polar surface area (TPSA) is 93.1 Å². The summed E-state index contributed by atoms with van der Waals surface area (Å²) in [5, 5.41) is 20.0. The lowest BCUT2D eigenvalue weighted by molar-refractivity contribution is -0.127. The van der Waals surface area contributed by atoms with Crippen LogP contribution in [0.5, 0.6) is 11.5 Å². The average molecular weight is 407 g/mol. The summed E-state index contributed by atoms with van der Waals surface area (Å²) in [6, 6.07) is 3.16. The van der Waals surface area contributed by atoms with Gasteiger partial charge in [-0.05, 0) is 37.3 Å². The number of esters is 1. The number of carbonyl (C=O) groups excluding carboxylic acids is 2. The number of phenols is 1. The minimum Gasteiger partial charge on any atom is -0.507 e. The highest BCUT2D eigenvalue weighted by Gasteiger charge is 2.29. The SMILES string of the molecule is CCCCCCCC(O)C(=O)CCCC[C@@H]1Cc2cc(OC)cc(O)c2C(=O)O1. The largest absolute Gasteiger partial charge is 0.507 e. The van der Waals surface area contributed by atoms with Gasteiger partial charge in [0.15, 0.2) is 5.78 Å². The number of rotatable bonds is 13. The monoisotopic (exact) mass is 406 g/mol. The average Bonchev–Trinajstić information content (AvgIpc) is 2.70. The lowest BCUT2D eigenvalue weighted by Gasteiger charge is -2.25. The fourth-order valence-corrected chi connectivity index (χ4v) is 3.77. The highest BCUT2D eigenvalue weighted by molar-refractivity contribution is 5.95. The molecular formula is C23H34O6. The number of aromatic hydroxyl groups is 1. The number of benzene rings is 1. The van der Waals surface area contributed by atoms with Gasteiger partial charge in [-0.2, -0.15) is 0 Å². The summed E-state index contributed by atoms with van der Waals surface area (Å²) in [7, 11) is 1.51. The fourth-order valence-electron chi connectivity index (χ4n) is 3.77. The van der Waals surface area contributed by atoms with E-state index in [4.69, 9.17) is 9.47 Å². The van der Waals surface area contributed by atoms with Gasteiger partial charge in [0.05, 0.1) is 7.11 Å². The van der Waals surface area contributed by atoms with E-state index in [1.807, 2.05) is 0 Å². The van der Waals surface area contributed by atoms with Crippen molar-refractivity contribution in [2.75, 3.05) is 7.11 Å². The van der Waals surface area contributed by atoms with Crippen molar-refractivity contribution in [2.45, 2.75) is 89.8 Å². The van der Waals surface area contributed by atoms with Gasteiger partial charge in [-0.1, -0.05) is 39.0 Å². The van der Waals surface area contributed by atoms with E-state index >= 15 is 0 Å². The summed E-state index contributed by atoms with van der Waals surface area (Å²) in [5.41, 5.74) is 0.928. The summed E-state index contributed by atoms with van der Waals surface area (Å²) in [4.78, 5) is 24.3. The number of aliphatic hydroxyl groups excluding tert-OH is 1. The van der Waals surface area contributed by atoms with E-state index in [1.165, 1.54) is 26.0 Å². The van der Waals surface area contributed by atoms with Gasteiger partial charge in [-0.15, -0.1) is 0 Å². The molecule has 6 nitrogen and oxygen atoms in total. The normalized spacial score (nSPS) is 16.8. The van der Waals surface area contributed by atoms with Gasteiger partial charge in [0.2, 0.25) is 0 Å². The van der Waals surface area contributed by atoms with Gasteiger partial charge in [0.25, 0.3) is 0 Å². The molecule has 2 N–H and O–H groups in total. The van der Waals surface area contributed by atoms with Crippen LogP contribution in [-0.2, 0) is 16.0 Å². The van der Waals surface area contributed by atoms with Crippen LogP contribution < -0.4 is 4.74 Å². The van der Waals surface area contributed by atoms with Crippen LogP contribution in [-0.4, -0.2) is 41.3 Å². The highest BCUT2D eigenvalue weighted by Crippen LogP contribution is 2.33. The predicted molar refractivity (Wildman–Crippen MR) is 110 cm³/mol. The van der Waals surface area contributed by atoms with Gasteiger partial charge < -0.3 is 19.7 Å². The van der Waals surface area contributed by atoms with Crippen LogP contribution in [0.4, 0.5) is 0 Å². The molecule has 0 bridgehead atoms. The zero-order chi connectivity index (χ0) is 21.2. The van der Waals surface area contributed by atoms with Crippen molar-refractivity contribution in [3.8, 4) is 11.5 Å². The van der Waals surface area contributed by atoms with Crippen LogP contribution in [0.15, 0.2) is 12.1 Å². The molecule has 1 aromatic carbocycles. The Hall–Kier alpha value is -2.08. The molecule has 0 saturated heterocycles. The second kappa shape index (κ2) is 11.8. The summed E-state index contributed by atoms with van der Waals surface area (Å²) < 4.78 is 10.6. The molecule has 1 aromatic rings. The van der Waals surface area contributed by atoms with E-state index in [-0.39, 0.29) is 23.2 Å². The number of cyclic esters (lactones) is 1. The summed E-state index contributed by atoms with van der Waals surface area (Å²) >= 11 is 0. The van der Waals surface area contributed by atoms with E-state index in [9.17, 15) is 19.8 Å². The molecule has 162 valence electrons. The number of ketones is 1. The van der Waals surface area contributed by atoms with Crippen LogP contribution >= 0.6 is 0 Å². The molecule has 1 heterocycles.